The van der Waals surface area contributed by atoms with Crippen LogP contribution in [0.2, 0.25) is 0 Å². The molecule has 0 spiro atoms. The van der Waals surface area contributed by atoms with E-state index in [1.165, 1.54) is 18.4 Å². The van der Waals surface area contributed by atoms with E-state index < -0.39 is 6.04 Å². The number of nitrogens with one attached hydrogen (secondary N) is 1. The highest BCUT2D eigenvalue weighted by molar-refractivity contribution is 9.10. The van der Waals surface area contributed by atoms with E-state index in [1.807, 2.05) is 55.5 Å². The average Bonchev–Trinajstić information content (AvgIpc) is 3.30. The number of amides is 1. The van der Waals surface area contributed by atoms with Gasteiger partial charge in [0.05, 0.1) is 40.0 Å². The first-order valence-electron chi connectivity index (χ1n) is 13.3. The number of para-hydroxylation sites is 1. The van der Waals surface area contributed by atoms with Crippen LogP contribution in [0, 0.1) is 11.3 Å². The Kier molecular flexibility index (Phi) is 9.09. The Morgan fingerprint density at radius 2 is 1.91 bits per heavy atom. The quantitative estimate of drug-likeness (QED) is 0.272. The number of hydrogen-bond acceptors (Lipinski definition) is 8. The van der Waals surface area contributed by atoms with Crippen LogP contribution in [0.15, 0.2) is 92.3 Å². The number of ether oxygens (including phenoxy) is 3. The van der Waals surface area contributed by atoms with Crippen LogP contribution in [0.3, 0.4) is 0 Å². The lowest BCUT2D eigenvalue weighted by Crippen LogP contribution is -2.40. The Bertz CT molecular complexity index is 1930. The fraction of sp³-hybridized carbons (Fsp3) is 0.188. The first-order chi connectivity index (χ1) is 20.8. The first kappa shape index (κ1) is 29.8. The van der Waals surface area contributed by atoms with Crippen LogP contribution in [0.25, 0.3) is 6.08 Å². The molecule has 0 saturated carbocycles. The predicted molar refractivity (Wildman–Crippen MR) is 168 cm³/mol. The van der Waals surface area contributed by atoms with Gasteiger partial charge in [0.1, 0.15) is 11.8 Å². The number of nitriles is 1. The van der Waals surface area contributed by atoms with E-state index in [4.69, 9.17) is 24.5 Å². The molecule has 0 saturated heterocycles. The van der Waals surface area contributed by atoms with Gasteiger partial charge in [-0.3, -0.25) is 14.2 Å². The van der Waals surface area contributed by atoms with Crippen LogP contribution in [0.4, 0.5) is 5.69 Å². The zero-order valence-corrected chi connectivity index (χ0v) is 26.0. The third-order valence-electron chi connectivity index (χ3n) is 6.64. The van der Waals surface area contributed by atoms with Crippen LogP contribution < -0.4 is 34.4 Å². The maximum absolute atomic E-state index is 14.1. The minimum absolute atomic E-state index is 0.141. The monoisotopic (exact) mass is 658 g/mol. The maximum atomic E-state index is 14.1. The summed E-state index contributed by atoms with van der Waals surface area (Å²) in [5, 5.41) is 11.9. The van der Waals surface area contributed by atoms with Crippen molar-refractivity contribution < 1.29 is 19.0 Å². The Labute approximate surface area is 260 Å². The van der Waals surface area contributed by atoms with Crippen molar-refractivity contribution in [2.75, 3.05) is 25.6 Å². The highest BCUT2D eigenvalue weighted by Crippen LogP contribution is 2.37. The second kappa shape index (κ2) is 13.1. The molecule has 43 heavy (non-hydrogen) atoms. The molecule has 0 aliphatic carbocycles. The number of carbonyl (C=O) groups is 1. The summed E-state index contributed by atoms with van der Waals surface area (Å²) in [5.41, 5.74) is 2.65. The van der Waals surface area contributed by atoms with Crippen LogP contribution in [-0.2, 0) is 4.79 Å². The number of benzene rings is 3. The second-order valence-electron chi connectivity index (χ2n) is 9.38. The Hall–Kier alpha value is -4.66. The number of fused-ring (bicyclic) bond motifs is 1. The van der Waals surface area contributed by atoms with Crippen LogP contribution in [0.5, 0.6) is 17.2 Å². The van der Waals surface area contributed by atoms with Gasteiger partial charge >= 0.3 is 0 Å². The third kappa shape index (κ3) is 6.26. The molecule has 0 bridgehead atoms. The molecule has 1 N–H and O–H groups in total. The van der Waals surface area contributed by atoms with E-state index in [-0.39, 0.29) is 18.1 Å². The van der Waals surface area contributed by atoms with E-state index in [0.29, 0.717) is 60.2 Å². The van der Waals surface area contributed by atoms with E-state index in [1.54, 1.807) is 41.8 Å². The Morgan fingerprint density at radius 3 is 2.58 bits per heavy atom. The molecule has 1 atom stereocenters. The van der Waals surface area contributed by atoms with Crippen molar-refractivity contribution in [1.82, 2.24) is 4.57 Å². The summed E-state index contributed by atoms with van der Waals surface area (Å²) in [4.78, 5) is 33.0. The zero-order chi connectivity index (χ0) is 30.5. The van der Waals surface area contributed by atoms with Crippen LogP contribution >= 0.6 is 27.3 Å². The lowest BCUT2D eigenvalue weighted by Gasteiger charge is -2.25. The summed E-state index contributed by atoms with van der Waals surface area (Å²) in [7, 11) is 1.50. The van der Waals surface area contributed by atoms with Crippen molar-refractivity contribution in [2.24, 2.45) is 4.99 Å². The van der Waals surface area contributed by atoms with Crippen LogP contribution in [-0.4, -0.2) is 30.8 Å². The van der Waals surface area contributed by atoms with Gasteiger partial charge in [-0.25, -0.2) is 4.99 Å². The molecule has 3 aromatic carbocycles. The molecule has 0 unspecified atom stereocenters. The number of aromatic nitrogens is 1. The number of anilines is 1. The topological polar surface area (TPSA) is 115 Å². The van der Waals surface area contributed by atoms with Crippen molar-refractivity contribution in [1.29, 1.82) is 5.26 Å². The SMILES string of the molecule is CCOc1ccc([C@@H]2C(C(=O)Nc3ccccc3)=C(C)N=c3s/c(=C\c4cc(Br)c(OCC#N)c(OC)c4)c(=O)n32)cc1. The molecule has 5 rings (SSSR count). The van der Waals surface area contributed by atoms with Gasteiger partial charge in [-0.05, 0) is 83.4 Å². The fourth-order valence-corrected chi connectivity index (χ4v) is 6.40. The number of carbonyl (C=O) groups excluding carboxylic acids is 1. The molecule has 1 amide bonds. The van der Waals surface area contributed by atoms with Gasteiger partial charge in [0, 0.05) is 5.69 Å². The fourth-order valence-electron chi connectivity index (χ4n) is 4.78. The van der Waals surface area contributed by atoms with Gasteiger partial charge in [0.25, 0.3) is 11.5 Å². The van der Waals surface area contributed by atoms with Gasteiger partial charge < -0.3 is 19.5 Å². The van der Waals surface area contributed by atoms with Crippen molar-refractivity contribution in [2.45, 2.75) is 19.9 Å². The van der Waals surface area contributed by atoms with Gasteiger partial charge in [-0.1, -0.05) is 41.7 Å². The lowest BCUT2D eigenvalue weighted by atomic mass is 9.95. The highest BCUT2D eigenvalue weighted by Gasteiger charge is 2.32. The maximum Gasteiger partial charge on any atom is 0.271 e. The highest BCUT2D eigenvalue weighted by atomic mass is 79.9. The Morgan fingerprint density at radius 1 is 1.16 bits per heavy atom. The number of rotatable bonds is 9. The summed E-state index contributed by atoms with van der Waals surface area (Å²) in [6.45, 7) is 4.06. The van der Waals surface area contributed by atoms with Crippen molar-refractivity contribution in [3.8, 4) is 23.3 Å². The number of nitrogens with zero attached hydrogens (tertiary/aromatic N) is 3. The van der Waals surface area contributed by atoms with Crippen molar-refractivity contribution in [3.05, 3.63) is 113 Å². The standard InChI is InChI=1S/C32H27BrN4O5S/c1-4-41-23-12-10-21(11-13-23)28-27(30(38)36-22-8-6-5-7-9-22)19(2)35-32-37(28)31(39)26(43-32)18-20-16-24(33)29(42-15-14-34)25(17-20)40-3/h5-13,16-18,28H,4,15H2,1-3H3,(H,36,38)/b26-18-/t28-/m1/s1. The lowest BCUT2D eigenvalue weighted by molar-refractivity contribution is -0.113. The predicted octanol–water partition coefficient (Wildman–Crippen LogP) is 4.95. The molecule has 1 aromatic heterocycles. The molecule has 0 fully saturated rings. The zero-order valence-electron chi connectivity index (χ0n) is 23.6. The second-order valence-corrected chi connectivity index (χ2v) is 11.2. The number of halogens is 1. The molecule has 11 heteroatoms. The van der Waals surface area contributed by atoms with Gasteiger partial charge in [-0.15, -0.1) is 0 Å². The minimum atomic E-state index is -0.721. The minimum Gasteiger partial charge on any atom is -0.494 e. The van der Waals surface area contributed by atoms with Crippen molar-refractivity contribution >= 4 is 44.9 Å². The molecule has 0 radical (unpaired) electrons. The smallest absolute Gasteiger partial charge is 0.271 e. The summed E-state index contributed by atoms with van der Waals surface area (Å²) < 4.78 is 19.2. The summed E-state index contributed by atoms with van der Waals surface area (Å²) in [6, 6.07) is 21.3. The summed E-state index contributed by atoms with van der Waals surface area (Å²) in [6.07, 6.45) is 1.74. The molecule has 9 nitrogen and oxygen atoms in total. The number of hydrogen-bond donors (Lipinski definition) is 1. The summed E-state index contributed by atoms with van der Waals surface area (Å²) in [5.74, 6) is 1.15. The van der Waals surface area contributed by atoms with E-state index >= 15 is 0 Å². The van der Waals surface area contributed by atoms with E-state index in [9.17, 15) is 9.59 Å². The van der Waals surface area contributed by atoms with E-state index in [2.05, 4.69) is 21.2 Å². The molecule has 218 valence electrons. The number of methoxy groups -OCH3 is 1. The first-order valence-corrected chi connectivity index (χ1v) is 14.9. The average molecular weight is 660 g/mol. The van der Waals surface area contributed by atoms with Gasteiger partial charge in [0.2, 0.25) is 0 Å². The van der Waals surface area contributed by atoms with E-state index in [0.717, 1.165) is 5.56 Å². The van der Waals surface area contributed by atoms with Crippen LogP contribution in [0.1, 0.15) is 31.0 Å². The van der Waals surface area contributed by atoms with Gasteiger partial charge in [-0.2, -0.15) is 5.26 Å². The van der Waals surface area contributed by atoms with Gasteiger partial charge in [0.15, 0.2) is 22.9 Å². The third-order valence-corrected chi connectivity index (χ3v) is 8.21. The molecule has 2 heterocycles. The number of allylic oxidation sites excluding steroid dienone is 1. The molecule has 1 aliphatic heterocycles. The molecule has 1 aliphatic rings. The molecular formula is C32H27BrN4O5S. The molecular weight excluding hydrogens is 632 g/mol. The largest absolute Gasteiger partial charge is 0.494 e. The summed E-state index contributed by atoms with van der Waals surface area (Å²) >= 11 is 4.71. The number of thiazole rings is 1. The normalized spacial score (nSPS) is 14.4. The Balaban J connectivity index is 1.64. The molecule has 4 aromatic rings. The van der Waals surface area contributed by atoms with Crippen molar-refractivity contribution in [3.63, 3.8) is 0 Å².